The molecular formula is C20H20F3N3O2S. The highest BCUT2D eigenvalue weighted by Gasteiger charge is 2.65. The van der Waals surface area contributed by atoms with Gasteiger partial charge in [0.15, 0.2) is 10.9 Å². The zero-order chi connectivity index (χ0) is 21.4. The molecule has 1 aliphatic rings. The SMILES string of the molecule is CN(C)c1ccc([C@@H]2NC(=S)N[C@@](O)(C(F)(F)F)[C@@H]2C(=O)c2ccccc2)cc1. The first-order valence-electron chi connectivity index (χ1n) is 8.79. The van der Waals surface area contributed by atoms with Gasteiger partial charge >= 0.3 is 6.18 Å². The molecule has 1 fully saturated rings. The zero-order valence-electron chi connectivity index (χ0n) is 15.7. The zero-order valence-corrected chi connectivity index (χ0v) is 16.5. The summed E-state index contributed by atoms with van der Waals surface area (Å²) < 4.78 is 41.8. The maximum absolute atomic E-state index is 13.9. The molecule has 5 nitrogen and oxygen atoms in total. The molecule has 0 radical (unpaired) electrons. The number of aliphatic hydroxyl groups is 1. The maximum Gasteiger partial charge on any atom is 0.437 e. The summed E-state index contributed by atoms with van der Waals surface area (Å²) in [5.74, 6) is -2.75. The van der Waals surface area contributed by atoms with E-state index >= 15 is 0 Å². The van der Waals surface area contributed by atoms with Gasteiger partial charge in [-0.2, -0.15) is 13.2 Å². The number of nitrogens with one attached hydrogen (secondary N) is 2. The van der Waals surface area contributed by atoms with E-state index in [0.29, 0.717) is 5.56 Å². The maximum atomic E-state index is 13.9. The minimum Gasteiger partial charge on any atom is -0.378 e. The van der Waals surface area contributed by atoms with Gasteiger partial charge in [0.2, 0.25) is 5.72 Å². The number of nitrogens with zero attached hydrogens (tertiary/aromatic N) is 1. The first-order valence-corrected chi connectivity index (χ1v) is 9.20. The molecule has 0 saturated carbocycles. The number of ketones is 1. The first-order chi connectivity index (χ1) is 13.5. The number of anilines is 1. The summed E-state index contributed by atoms with van der Waals surface area (Å²) in [6.07, 6.45) is -5.14. The molecule has 2 aromatic carbocycles. The molecule has 0 aromatic heterocycles. The molecule has 3 N–H and O–H groups in total. The van der Waals surface area contributed by atoms with Gasteiger partial charge in [-0.1, -0.05) is 42.5 Å². The minimum absolute atomic E-state index is 0.0616. The summed E-state index contributed by atoms with van der Waals surface area (Å²) in [6.45, 7) is 0. The second-order valence-electron chi connectivity index (χ2n) is 7.03. The Hall–Kier alpha value is -2.65. The van der Waals surface area contributed by atoms with Gasteiger partial charge in [0.25, 0.3) is 0 Å². The fraction of sp³-hybridized carbons (Fsp3) is 0.300. The summed E-state index contributed by atoms with van der Waals surface area (Å²) in [5.41, 5.74) is -2.22. The summed E-state index contributed by atoms with van der Waals surface area (Å²) in [4.78, 5) is 15.0. The van der Waals surface area contributed by atoms with Crippen LogP contribution in [0.25, 0.3) is 0 Å². The molecule has 0 bridgehead atoms. The van der Waals surface area contributed by atoms with Gasteiger partial charge in [-0.15, -0.1) is 0 Å². The van der Waals surface area contributed by atoms with E-state index in [1.54, 1.807) is 42.5 Å². The van der Waals surface area contributed by atoms with Crippen LogP contribution in [0.1, 0.15) is 22.0 Å². The molecule has 0 aliphatic carbocycles. The van der Waals surface area contributed by atoms with Crippen LogP contribution >= 0.6 is 12.2 Å². The molecule has 3 atom stereocenters. The predicted octanol–water partition coefficient (Wildman–Crippen LogP) is 3.02. The van der Waals surface area contributed by atoms with Gasteiger partial charge in [-0.05, 0) is 29.9 Å². The third kappa shape index (κ3) is 3.92. The van der Waals surface area contributed by atoms with E-state index in [4.69, 9.17) is 12.2 Å². The lowest BCUT2D eigenvalue weighted by atomic mass is 9.77. The van der Waals surface area contributed by atoms with E-state index in [9.17, 15) is 23.1 Å². The lowest BCUT2D eigenvalue weighted by Crippen LogP contribution is -2.72. The van der Waals surface area contributed by atoms with Gasteiger partial charge in [0, 0.05) is 25.3 Å². The van der Waals surface area contributed by atoms with Crippen LogP contribution in [-0.4, -0.2) is 42.0 Å². The van der Waals surface area contributed by atoms with Crippen molar-refractivity contribution in [1.82, 2.24) is 10.6 Å². The summed E-state index contributed by atoms with van der Waals surface area (Å²) in [5, 5.41) is 14.9. The van der Waals surface area contributed by atoms with E-state index in [1.807, 2.05) is 24.3 Å². The van der Waals surface area contributed by atoms with Crippen LogP contribution < -0.4 is 15.5 Å². The topological polar surface area (TPSA) is 64.6 Å². The van der Waals surface area contributed by atoms with Gasteiger partial charge in [-0.3, -0.25) is 4.79 Å². The molecule has 0 unspecified atom stereocenters. The van der Waals surface area contributed by atoms with E-state index in [0.717, 1.165) is 5.69 Å². The van der Waals surface area contributed by atoms with Crippen LogP contribution in [-0.2, 0) is 0 Å². The molecule has 3 rings (SSSR count). The van der Waals surface area contributed by atoms with E-state index in [2.05, 4.69) is 5.32 Å². The molecule has 1 aliphatic heterocycles. The quantitative estimate of drug-likeness (QED) is 0.519. The first kappa shape index (κ1) is 21.1. The van der Waals surface area contributed by atoms with Crippen LogP contribution in [0.3, 0.4) is 0 Å². The van der Waals surface area contributed by atoms with Crippen molar-refractivity contribution < 1.29 is 23.1 Å². The molecular weight excluding hydrogens is 403 g/mol. The number of rotatable bonds is 4. The summed E-state index contributed by atoms with van der Waals surface area (Å²) in [6, 6.07) is 13.1. The Kier molecular flexibility index (Phi) is 5.55. The van der Waals surface area contributed by atoms with Crippen LogP contribution in [0.5, 0.6) is 0 Å². The Morgan fingerprint density at radius 1 is 1.10 bits per heavy atom. The Labute approximate surface area is 171 Å². The van der Waals surface area contributed by atoms with E-state index in [-0.39, 0.29) is 10.7 Å². The monoisotopic (exact) mass is 423 g/mol. The predicted molar refractivity (Wildman–Crippen MR) is 108 cm³/mol. The number of hydrogen-bond acceptors (Lipinski definition) is 4. The average molecular weight is 423 g/mol. The van der Waals surface area contributed by atoms with Gasteiger partial charge in [0.1, 0.15) is 5.92 Å². The molecule has 154 valence electrons. The third-order valence-electron chi connectivity index (χ3n) is 4.92. The fourth-order valence-electron chi connectivity index (χ4n) is 3.38. The fourth-order valence-corrected chi connectivity index (χ4v) is 3.66. The van der Waals surface area contributed by atoms with Crippen LogP contribution in [0.4, 0.5) is 18.9 Å². The van der Waals surface area contributed by atoms with Gasteiger partial charge < -0.3 is 20.6 Å². The molecule has 0 spiro atoms. The van der Waals surface area contributed by atoms with Crippen molar-refractivity contribution in [2.24, 2.45) is 5.92 Å². The molecule has 29 heavy (non-hydrogen) atoms. The Morgan fingerprint density at radius 2 is 1.69 bits per heavy atom. The number of thiocarbonyl (C=S) groups is 1. The average Bonchev–Trinajstić information content (AvgIpc) is 2.67. The number of benzene rings is 2. The molecule has 1 saturated heterocycles. The second kappa shape index (κ2) is 7.64. The number of halogens is 3. The molecule has 2 aromatic rings. The smallest absolute Gasteiger partial charge is 0.378 e. The summed E-state index contributed by atoms with van der Waals surface area (Å²) in [7, 11) is 3.66. The normalized spacial score (nSPS) is 24.4. The second-order valence-corrected chi connectivity index (χ2v) is 7.44. The van der Waals surface area contributed by atoms with Crippen molar-refractivity contribution in [3.63, 3.8) is 0 Å². The van der Waals surface area contributed by atoms with Crippen molar-refractivity contribution in [3.8, 4) is 0 Å². The number of alkyl halides is 3. The van der Waals surface area contributed by atoms with Crippen molar-refractivity contribution in [3.05, 3.63) is 65.7 Å². The Bertz CT molecular complexity index is 903. The number of Topliss-reactive ketones (excluding diaryl/α,β-unsaturated/α-hetero) is 1. The summed E-state index contributed by atoms with van der Waals surface area (Å²) >= 11 is 4.92. The lowest BCUT2D eigenvalue weighted by molar-refractivity contribution is -0.285. The highest BCUT2D eigenvalue weighted by atomic mass is 32.1. The molecule has 9 heteroatoms. The van der Waals surface area contributed by atoms with Gasteiger partial charge in [0.05, 0.1) is 6.04 Å². The minimum atomic E-state index is -5.14. The Morgan fingerprint density at radius 3 is 2.21 bits per heavy atom. The van der Waals surface area contributed by atoms with Gasteiger partial charge in [-0.25, -0.2) is 0 Å². The number of hydrogen-bond donors (Lipinski definition) is 3. The van der Waals surface area contributed by atoms with Crippen molar-refractivity contribution >= 4 is 28.8 Å². The Balaban J connectivity index is 2.13. The highest BCUT2D eigenvalue weighted by Crippen LogP contribution is 2.44. The van der Waals surface area contributed by atoms with Crippen LogP contribution in [0.2, 0.25) is 0 Å². The van der Waals surface area contributed by atoms with Crippen LogP contribution in [0, 0.1) is 5.92 Å². The largest absolute Gasteiger partial charge is 0.437 e. The van der Waals surface area contributed by atoms with Crippen molar-refractivity contribution in [2.75, 3.05) is 19.0 Å². The van der Waals surface area contributed by atoms with Crippen LogP contribution in [0.15, 0.2) is 54.6 Å². The molecule has 0 amide bonds. The van der Waals surface area contributed by atoms with Crippen molar-refractivity contribution in [1.29, 1.82) is 0 Å². The standard InChI is InChI=1S/C20H20F3N3O2S/c1-26(2)14-10-8-12(9-11-14)16-15(17(27)13-6-4-3-5-7-13)19(28,20(21,22)23)25-18(29)24-16/h3-11,15-16,28H,1-2H3,(H2,24,25,29)/t15-,16-,19-/m0/s1. The number of carbonyl (C=O) groups is 1. The van der Waals surface area contributed by atoms with E-state index < -0.39 is 29.6 Å². The highest BCUT2D eigenvalue weighted by molar-refractivity contribution is 7.80. The lowest BCUT2D eigenvalue weighted by Gasteiger charge is -2.46. The van der Waals surface area contributed by atoms with E-state index in [1.165, 1.54) is 12.1 Å². The third-order valence-corrected chi connectivity index (χ3v) is 5.14. The van der Waals surface area contributed by atoms with Crippen molar-refractivity contribution in [2.45, 2.75) is 17.9 Å². The number of carbonyl (C=O) groups excluding carboxylic acids is 1. The molecule has 1 heterocycles.